The van der Waals surface area contributed by atoms with Gasteiger partial charge in [0.05, 0.1) is 19.0 Å². The Hall–Kier alpha value is -4.98. The third-order valence-corrected chi connectivity index (χ3v) is 8.35. The molecule has 14 nitrogen and oxygen atoms in total. The molecule has 1 aliphatic carbocycles. The number of aryl methyl sites for hydroxylation is 1. The molecular weight excluding hydrogens is 654 g/mol. The van der Waals surface area contributed by atoms with Crippen molar-refractivity contribution < 1.29 is 33.4 Å². The lowest BCUT2D eigenvalue weighted by atomic mass is 9.98. The van der Waals surface area contributed by atoms with E-state index in [0.29, 0.717) is 13.0 Å². The molecule has 3 rings (SSSR count). The zero-order chi connectivity index (χ0) is 37.2. The highest BCUT2D eigenvalue weighted by Crippen LogP contribution is 2.21. The minimum atomic E-state index is -1.38. The number of rotatable bonds is 18. The van der Waals surface area contributed by atoms with Gasteiger partial charge in [-0.05, 0) is 69.1 Å². The number of nitrogens with two attached hydrogens (primary N) is 2. The summed E-state index contributed by atoms with van der Waals surface area (Å²) in [5.41, 5.74) is 14.7. The molecule has 0 aliphatic heterocycles. The standard InChI is InChI=1S/C37H53N7O7/c1-24(2)33(36(49)50-23-26-11-6-4-7-12-26)44-35(48)30(21-32(46)51-28-13-8-5-9-14-28)43-31(45)22-41-34(47)29(38)15-10-20-40-37(39)42-27-18-16-25(3)17-19-27/h4,6-7,11-12,16-19,24,28-30,33H,5,8-10,13-15,20-23,38H2,1-3H3,(H,41,47)(H,43,45)(H,44,48)(H3,39,40,42)/t29-,30-,33-/m0/s1. The lowest BCUT2D eigenvalue weighted by molar-refractivity contribution is -0.153. The van der Waals surface area contributed by atoms with Crippen LogP contribution in [0.3, 0.4) is 0 Å². The quantitative estimate of drug-likeness (QED) is 0.0576. The van der Waals surface area contributed by atoms with Crippen molar-refractivity contribution >= 4 is 41.3 Å². The fourth-order valence-electron chi connectivity index (χ4n) is 5.37. The first-order valence-corrected chi connectivity index (χ1v) is 17.6. The van der Waals surface area contributed by atoms with Crippen molar-refractivity contribution in [2.75, 3.05) is 18.4 Å². The van der Waals surface area contributed by atoms with Gasteiger partial charge in [0, 0.05) is 12.2 Å². The maximum Gasteiger partial charge on any atom is 0.329 e. The van der Waals surface area contributed by atoms with Gasteiger partial charge in [0.2, 0.25) is 17.7 Å². The zero-order valence-corrected chi connectivity index (χ0v) is 29.8. The molecule has 0 heterocycles. The Morgan fingerprint density at radius 2 is 1.61 bits per heavy atom. The van der Waals surface area contributed by atoms with Crippen molar-refractivity contribution in [3.05, 3.63) is 65.7 Å². The van der Waals surface area contributed by atoms with Crippen LogP contribution in [0, 0.1) is 12.8 Å². The van der Waals surface area contributed by atoms with Gasteiger partial charge >= 0.3 is 11.9 Å². The second-order valence-corrected chi connectivity index (χ2v) is 13.1. The van der Waals surface area contributed by atoms with Crippen molar-refractivity contribution in [2.45, 2.75) is 103 Å². The van der Waals surface area contributed by atoms with Gasteiger partial charge in [0.15, 0.2) is 5.96 Å². The third-order valence-electron chi connectivity index (χ3n) is 8.35. The summed E-state index contributed by atoms with van der Waals surface area (Å²) in [6, 6.07) is 13.4. The summed E-state index contributed by atoms with van der Waals surface area (Å²) in [7, 11) is 0. The van der Waals surface area contributed by atoms with Crippen LogP contribution in [0.2, 0.25) is 0 Å². The number of nitrogens with zero attached hydrogens (tertiary/aromatic N) is 1. The molecule has 1 saturated carbocycles. The molecule has 3 amide bonds. The number of carbonyl (C=O) groups excluding carboxylic acids is 5. The van der Waals surface area contributed by atoms with E-state index < -0.39 is 60.8 Å². The number of amides is 3. The first-order chi connectivity index (χ1) is 24.4. The fraction of sp³-hybridized carbons (Fsp3) is 0.514. The minimum absolute atomic E-state index is 0.0149. The molecule has 0 spiro atoms. The van der Waals surface area contributed by atoms with Gasteiger partial charge in [0.25, 0.3) is 0 Å². The molecule has 278 valence electrons. The Labute approximate surface area is 299 Å². The van der Waals surface area contributed by atoms with E-state index in [1.54, 1.807) is 13.8 Å². The number of esters is 2. The van der Waals surface area contributed by atoms with Gasteiger partial charge in [-0.25, -0.2) is 4.79 Å². The average molecular weight is 708 g/mol. The molecule has 51 heavy (non-hydrogen) atoms. The van der Waals surface area contributed by atoms with E-state index in [9.17, 15) is 24.0 Å². The van der Waals surface area contributed by atoms with Crippen molar-refractivity contribution in [1.29, 1.82) is 0 Å². The minimum Gasteiger partial charge on any atom is -0.462 e. The van der Waals surface area contributed by atoms with Crippen LogP contribution in [0.4, 0.5) is 5.69 Å². The number of anilines is 1. The number of guanidine groups is 1. The number of ether oxygens (including phenoxy) is 2. The van der Waals surface area contributed by atoms with Gasteiger partial charge in [-0.2, -0.15) is 0 Å². The summed E-state index contributed by atoms with van der Waals surface area (Å²) < 4.78 is 11.0. The van der Waals surface area contributed by atoms with Gasteiger partial charge < -0.3 is 42.2 Å². The monoisotopic (exact) mass is 707 g/mol. The summed E-state index contributed by atoms with van der Waals surface area (Å²) in [5, 5.41) is 10.6. The van der Waals surface area contributed by atoms with Gasteiger partial charge in [-0.15, -0.1) is 0 Å². The van der Waals surface area contributed by atoms with Crippen molar-refractivity contribution in [3.8, 4) is 0 Å². The Morgan fingerprint density at radius 3 is 2.27 bits per heavy atom. The highest BCUT2D eigenvalue weighted by Gasteiger charge is 2.32. The molecule has 0 radical (unpaired) electrons. The number of aliphatic imine (C=N–C) groups is 1. The molecule has 0 aromatic heterocycles. The van der Waals surface area contributed by atoms with E-state index in [0.717, 1.165) is 48.9 Å². The van der Waals surface area contributed by atoms with E-state index in [1.807, 2.05) is 61.5 Å². The number of hydrogen-bond acceptors (Lipinski definition) is 9. The van der Waals surface area contributed by atoms with Crippen LogP contribution >= 0.6 is 0 Å². The summed E-state index contributed by atoms with van der Waals surface area (Å²) >= 11 is 0. The molecular formula is C37H53N7O7. The van der Waals surface area contributed by atoms with E-state index in [2.05, 4.69) is 26.3 Å². The van der Waals surface area contributed by atoms with E-state index >= 15 is 0 Å². The van der Waals surface area contributed by atoms with Gasteiger partial charge in [-0.1, -0.05) is 68.3 Å². The molecule has 1 fully saturated rings. The molecule has 14 heteroatoms. The summed E-state index contributed by atoms with van der Waals surface area (Å²) in [4.78, 5) is 69.2. The molecule has 2 aromatic carbocycles. The lowest BCUT2D eigenvalue weighted by Crippen LogP contribution is -2.55. The Bertz CT molecular complexity index is 1460. The molecule has 2 aromatic rings. The summed E-state index contributed by atoms with van der Waals surface area (Å²) in [6.45, 7) is 5.31. The van der Waals surface area contributed by atoms with Crippen LogP contribution < -0.4 is 32.7 Å². The third kappa shape index (κ3) is 15.2. The predicted octanol–water partition coefficient (Wildman–Crippen LogP) is 2.58. The van der Waals surface area contributed by atoms with Crippen LogP contribution in [0.25, 0.3) is 0 Å². The van der Waals surface area contributed by atoms with Gasteiger partial charge in [0.1, 0.15) is 24.8 Å². The topological polar surface area (TPSA) is 216 Å². The van der Waals surface area contributed by atoms with E-state index in [1.165, 1.54) is 0 Å². The predicted molar refractivity (Wildman–Crippen MR) is 194 cm³/mol. The lowest BCUT2D eigenvalue weighted by Gasteiger charge is -2.26. The van der Waals surface area contributed by atoms with Crippen molar-refractivity contribution in [1.82, 2.24) is 16.0 Å². The zero-order valence-electron chi connectivity index (χ0n) is 29.8. The van der Waals surface area contributed by atoms with E-state index in [4.69, 9.17) is 20.9 Å². The number of hydrogen-bond donors (Lipinski definition) is 6. The summed E-state index contributed by atoms with van der Waals surface area (Å²) in [6.07, 6.45) is 4.43. The maximum atomic E-state index is 13.5. The van der Waals surface area contributed by atoms with Crippen LogP contribution in [0.1, 0.15) is 76.3 Å². The summed E-state index contributed by atoms with van der Waals surface area (Å²) in [5.74, 6) is -3.51. The highest BCUT2D eigenvalue weighted by atomic mass is 16.5. The van der Waals surface area contributed by atoms with Crippen LogP contribution in [-0.4, -0.2) is 72.9 Å². The van der Waals surface area contributed by atoms with Crippen LogP contribution in [0.15, 0.2) is 59.6 Å². The Kier molecular flexibility index (Phi) is 16.9. The van der Waals surface area contributed by atoms with Crippen LogP contribution in [-0.2, 0) is 40.1 Å². The molecule has 0 unspecified atom stereocenters. The van der Waals surface area contributed by atoms with E-state index in [-0.39, 0.29) is 31.0 Å². The highest BCUT2D eigenvalue weighted by molar-refractivity contribution is 5.95. The maximum absolute atomic E-state index is 13.5. The van der Waals surface area contributed by atoms with Crippen molar-refractivity contribution in [3.63, 3.8) is 0 Å². The SMILES string of the molecule is Cc1ccc(NC(N)=NCCC[C@H](N)C(=O)NCC(=O)N[C@@H](CC(=O)OC2CCCCC2)C(=O)N[C@H](C(=O)OCc2ccccc2)C(C)C)cc1. The second-order valence-electron chi connectivity index (χ2n) is 13.1. The second kappa shape index (κ2) is 21.3. The smallest absolute Gasteiger partial charge is 0.329 e. The first-order valence-electron chi connectivity index (χ1n) is 17.6. The Morgan fingerprint density at radius 1 is 0.922 bits per heavy atom. The fourth-order valence-corrected chi connectivity index (χ4v) is 5.37. The molecule has 3 atom stereocenters. The number of benzene rings is 2. The van der Waals surface area contributed by atoms with Crippen LogP contribution in [0.5, 0.6) is 0 Å². The van der Waals surface area contributed by atoms with Crippen molar-refractivity contribution in [2.24, 2.45) is 22.4 Å². The number of carbonyl (C=O) groups is 5. The first kappa shape index (κ1) is 40.4. The average Bonchev–Trinajstić information content (AvgIpc) is 3.11. The largest absolute Gasteiger partial charge is 0.462 e. The normalized spacial score (nSPS) is 15.2. The molecule has 1 aliphatic rings. The molecule has 8 N–H and O–H groups in total. The number of nitrogens with one attached hydrogen (secondary N) is 4. The Balaban J connectivity index is 1.52. The van der Waals surface area contributed by atoms with Gasteiger partial charge in [-0.3, -0.25) is 24.2 Å². The molecule has 0 bridgehead atoms. The molecule has 0 saturated heterocycles.